The predicted molar refractivity (Wildman–Crippen MR) is 75.1 cm³/mol. The Morgan fingerprint density at radius 2 is 1.11 bits per heavy atom. The van der Waals surface area contributed by atoms with Crippen molar-refractivity contribution in [3.05, 3.63) is 0 Å². The summed E-state index contributed by atoms with van der Waals surface area (Å²) in [5, 5.41) is 5.81. The number of hydrogen-bond acceptors (Lipinski definition) is 4. The molecule has 8 nitrogen and oxygen atoms in total. The zero-order chi connectivity index (χ0) is 14.0. The molecule has 6 N–H and O–H groups in total. The molecule has 0 heterocycles. The fourth-order valence-electron chi connectivity index (χ4n) is 0.730. The van der Waals surface area contributed by atoms with Crippen LogP contribution in [-0.2, 0) is 9.59 Å². The van der Waals surface area contributed by atoms with Crippen molar-refractivity contribution in [2.75, 3.05) is 14.1 Å². The molecule has 0 saturated carbocycles. The number of carbonyl (C=O) groups is 2. The molecule has 0 fully saturated rings. The highest BCUT2D eigenvalue weighted by atomic mass is 32.1. The number of rotatable bonds is 3. The first kappa shape index (κ1) is 16.3. The summed E-state index contributed by atoms with van der Waals surface area (Å²) in [4.78, 5) is 22.5. The van der Waals surface area contributed by atoms with Crippen molar-refractivity contribution in [2.45, 2.75) is 12.8 Å². The van der Waals surface area contributed by atoms with Gasteiger partial charge in [-0.15, -0.1) is 0 Å². The summed E-state index contributed by atoms with van der Waals surface area (Å²) in [5.41, 5.74) is 9.58. The Morgan fingerprint density at radius 1 is 0.778 bits per heavy atom. The molecule has 0 aromatic heterocycles. The van der Waals surface area contributed by atoms with Gasteiger partial charge in [0.25, 0.3) is 0 Å². The second-order valence-electron chi connectivity index (χ2n) is 3.00. The van der Waals surface area contributed by atoms with E-state index in [1.165, 1.54) is 0 Å². The van der Waals surface area contributed by atoms with E-state index in [1.54, 1.807) is 14.1 Å². The molecule has 0 atom stereocenters. The van der Waals surface area contributed by atoms with Crippen LogP contribution in [-0.4, -0.2) is 36.1 Å². The molecule has 102 valence electrons. The van der Waals surface area contributed by atoms with Crippen LogP contribution in [0.1, 0.15) is 12.8 Å². The maximum absolute atomic E-state index is 11.3. The summed E-state index contributed by atoms with van der Waals surface area (Å²) in [5.74, 6) is -0.696. The van der Waals surface area contributed by atoms with Crippen molar-refractivity contribution < 1.29 is 9.59 Å². The van der Waals surface area contributed by atoms with Crippen molar-refractivity contribution in [1.29, 1.82) is 0 Å². The van der Waals surface area contributed by atoms with E-state index in [1.807, 2.05) is 0 Å². The van der Waals surface area contributed by atoms with Gasteiger partial charge in [-0.25, -0.2) is 0 Å². The first-order chi connectivity index (χ1) is 8.49. The van der Waals surface area contributed by atoms with Crippen molar-refractivity contribution >= 4 is 46.5 Å². The zero-order valence-corrected chi connectivity index (χ0v) is 11.7. The summed E-state index contributed by atoms with van der Waals surface area (Å²) >= 11 is 9.49. The van der Waals surface area contributed by atoms with Crippen LogP contribution < -0.4 is 32.3 Å². The Kier molecular flexibility index (Phi) is 8.49. The van der Waals surface area contributed by atoms with E-state index in [9.17, 15) is 9.59 Å². The van der Waals surface area contributed by atoms with E-state index in [-0.39, 0.29) is 34.9 Å². The SMILES string of the molecule is CNC(=S)NNC(=O)CCC(=O)NNC(=S)NC. The highest BCUT2D eigenvalue weighted by molar-refractivity contribution is 7.80. The average Bonchev–Trinajstić information content (AvgIpc) is 2.39. The molecule has 0 saturated heterocycles. The van der Waals surface area contributed by atoms with E-state index in [4.69, 9.17) is 24.4 Å². The van der Waals surface area contributed by atoms with Crippen LogP contribution in [0, 0.1) is 0 Å². The number of carbonyl (C=O) groups excluding carboxylic acids is 2. The van der Waals surface area contributed by atoms with Crippen LogP contribution in [0.15, 0.2) is 0 Å². The van der Waals surface area contributed by atoms with Crippen molar-refractivity contribution in [2.24, 2.45) is 0 Å². The molecule has 0 aromatic rings. The lowest BCUT2D eigenvalue weighted by Crippen LogP contribution is -2.47. The lowest BCUT2D eigenvalue weighted by atomic mass is 10.3. The summed E-state index contributed by atoms with van der Waals surface area (Å²) in [6.45, 7) is 0. The monoisotopic (exact) mass is 292 g/mol. The fraction of sp³-hybridized carbons (Fsp3) is 0.500. The van der Waals surface area contributed by atoms with E-state index in [0.29, 0.717) is 0 Å². The van der Waals surface area contributed by atoms with E-state index in [0.717, 1.165) is 0 Å². The van der Waals surface area contributed by atoms with Crippen molar-refractivity contribution in [3.63, 3.8) is 0 Å². The second-order valence-corrected chi connectivity index (χ2v) is 3.82. The van der Waals surface area contributed by atoms with Gasteiger partial charge in [0, 0.05) is 26.9 Å². The standard InChI is InChI=1S/C8H16N6O2S2/c1-9-7(17)13-11-5(15)3-4-6(16)12-14-8(18)10-2/h3-4H2,1-2H3,(H,11,15)(H,12,16)(H2,9,13,17)(H2,10,14,18). The third kappa shape index (κ3) is 8.47. The highest BCUT2D eigenvalue weighted by Crippen LogP contribution is 1.87. The van der Waals surface area contributed by atoms with Gasteiger partial charge < -0.3 is 10.6 Å². The topological polar surface area (TPSA) is 106 Å². The smallest absolute Gasteiger partial charge is 0.238 e. The molecule has 10 heteroatoms. The molecule has 0 aliphatic carbocycles. The molecule has 0 radical (unpaired) electrons. The minimum Gasteiger partial charge on any atom is -0.364 e. The Hall–Kier alpha value is -1.68. The minimum atomic E-state index is -0.348. The van der Waals surface area contributed by atoms with Gasteiger partial charge in [0.05, 0.1) is 0 Å². The average molecular weight is 292 g/mol. The lowest BCUT2D eigenvalue weighted by Gasteiger charge is -2.10. The summed E-state index contributed by atoms with van der Waals surface area (Å²) in [7, 11) is 3.23. The predicted octanol–water partition coefficient (Wildman–Crippen LogP) is -1.98. The third-order valence-electron chi connectivity index (χ3n) is 1.66. The Bertz CT molecular complexity index is 304. The van der Waals surface area contributed by atoms with Gasteiger partial charge in [-0.3, -0.25) is 31.3 Å². The van der Waals surface area contributed by atoms with Crippen LogP contribution in [0.4, 0.5) is 0 Å². The number of hydrogen-bond donors (Lipinski definition) is 6. The number of nitrogens with one attached hydrogen (secondary N) is 6. The Labute approximate surface area is 116 Å². The molecule has 2 amide bonds. The van der Waals surface area contributed by atoms with Gasteiger partial charge in [-0.2, -0.15) is 0 Å². The van der Waals surface area contributed by atoms with Gasteiger partial charge in [-0.05, 0) is 24.4 Å². The first-order valence-electron chi connectivity index (χ1n) is 5.02. The molecular weight excluding hydrogens is 276 g/mol. The van der Waals surface area contributed by atoms with Crippen LogP contribution in [0.25, 0.3) is 0 Å². The van der Waals surface area contributed by atoms with E-state index >= 15 is 0 Å². The Morgan fingerprint density at radius 3 is 1.39 bits per heavy atom. The Balaban J connectivity index is 3.68. The van der Waals surface area contributed by atoms with Gasteiger partial charge >= 0.3 is 0 Å². The lowest BCUT2D eigenvalue weighted by molar-refractivity contribution is -0.127. The quantitative estimate of drug-likeness (QED) is 0.262. The number of amides is 2. The van der Waals surface area contributed by atoms with Gasteiger partial charge in [0.2, 0.25) is 11.8 Å². The molecule has 0 rings (SSSR count). The molecule has 18 heavy (non-hydrogen) atoms. The summed E-state index contributed by atoms with van der Waals surface area (Å²) in [6.07, 6.45) is 0.0539. The highest BCUT2D eigenvalue weighted by Gasteiger charge is 2.06. The molecule has 0 spiro atoms. The van der Waals surface area contributed by atoms with Crippen LogP contribution in [0.5, 0.6) is 0 Å². The minimum absolute atomic E-state index is 0.0269. The number of hydrazine groups is 2. The largest absolute Gasteiger partial charge is 0.364 e. The number of thiocarbonyl (C=S) groups is 2. The van der Waals surface area contributed by atoms with Gasteiger partial charge in [0.1, 0.15) is 0 Å². The summed E-state index contributed by atoms with van der Waals surface area (Å²) < 4.78 is 0. The first-order valence-corrected chi connectivity index (χ1v) is 5.84. The molecule has 0 aromatic carbocycles. The molecular formula is C8H16N6O2S2. The second kappa shape index (κ2) is 9.36. The fourth-order valence-corrected chi connectivity index (χ4v) is 0.832. The molecule has 0 aliphatic heterocycles. The maximum Gasteiger partial charge on any atom is 0.238 e. The molecule has 0 unspecified atom stereocenters. The third-order valence-corrected chi connectivity index (χ3v) is 2.28. The maximum atomic E-state index is 11.3. The van der Waals surface area contributed by atoms with E-state index < -0.39 is 0 Å². The van der Waals surface area contributed by atoms with Crippen LogP contribution in [0.2, 0.25) is 0 Å². The van der Waals surface area contributed by atoms with E-state index in [2.05, 4.69) is 32.3 Å². The molecule has 0 bridgehead atoms. The molecule has 0 aliphatic rings. The van der Waals surface area contributed by atoms with Crippen molar-refractivity contribution in [3.8, 4) is 0 Å². The zero-order valence-electron chi connectivity index (χ0n) is 10.0. The summed E-state index contributed by atoms with van der Waals surface area (Å²) in [6, 6.07) is 0. The van der Waals surface area contributed by atoms with Crippen LogP contribution >= 0.6 is 24.4 Å². The van der Waals surface area contributed by atoms with Crippen LogP contribution in [0.3, 0.4) is 0 Å². The normalized spacial score (nSPS) is 8.78. The van der Waals surface area contributed by atoms with Crippen molar-refractivity contribution in [1.82, 2.24) is 32.3 Å². The van der Waals surface area contributed by atoms with Gasteiger partial charge in [0.15, 0.2) is 10.2 Å². The van der Waals surface area contributed by atoms with Gasteiger partial charge in [-0.1, -0.05) is 0 Å².